The van der Waals surface area contributed by atoms with Gasteiger partial charge in [-0.05, 0) is 25.0 Å². The van der Waals surface area contributed by atoms with E-state index in [4.69, 9.17) is 4.74 Å². The number of nitrogens with one attached hydrogen (secondary N) is 1. The Kier molecular flexibility index (Phi) is 7.72. The van der Waals surface area contributed by atoms with Crippen LogP contribution in [-0.2, 0) is 9.53 Å². The molecular weight excluding hydrogens is 271 g/mol. The molecule has 1 N–H and O–H groups in total. The predicted molar refractivity (Wildman–Crippen MR) is 68.6 cm³/mol. The monoisotopic (exact) mass is 289 g/mol. The third-order valence-electron chi connectivity index (χ3n) is 2.67. The van der Waals surface area contributed by atoms with Crippen LogP contribution in [0, 0.1) is 17.5 Å². The number of ether oxygens (including phenoxy) is 1. The van der Waals surface area contributed by atoms with Crippen LogP contribution in [0.25, 0.3) is 0 Å². The fourth-order valence-electron chi connectivity index (χ4n) is 1.60. The number of hydrogen-bond donors (Lipinski definition) is 1. The first-order valence-electron chi connectivity index (χ1n) is 6.55. The van der Waals surface area contributed by atoms with Gasteiger partial charge >= 0.3 is 0 Å². The molecule has 0 unspecified atom stereocenters. The SMILES string of the molecule is Fc1cccc(F)c1F.O=C1CCCCCOCCN1. The third kappa shape index (κ3) is 6.56. The average Bonchev–Trinajstić information content (AvgIpc) is 2.44. The second-order valence-corrected chi connectivity index (χ2v) is 4.31. The van der Waals surface area contributed by atoms with Gasteiger partial charge in [-0.15, -0.1) is 0 Å². The summed E-state index contributed by atoms with van der Waals surface area (Å²) in [5.41, 5.74) is 0. The molecule has 112 valence electrons. The van der Waals surface area contributed by atoms with Gasteiger partial charge in [0, 0.05) is 19.6 Å². The standard InChI is InChI=1S/C8H15NO2.C6H3F3/c10-8-4-2-1-3-6-11-7-5-9-8;7-4-2-1-3-5(8)6(4)9/h1-7H2,(H,9,10);1-3H. The first kappa shape index (κ1) is 16.5. The molecule has 0 aromatic heterocycles. The maximum absolute atomic E-state index is 12.0. The van der Waals surface area contributed by atoms with Crippen molar-refractivity contribution in [3.8, 4) is 0 Å². The van der Waals surface area contributed by atoms with E-state index in [2.05, 4.69) is 5.32 Å². The Bertz CT molecular complexity index is 395. The minimum atomic E-state index is -1.42. The van der Waals surface area contributed by atoms with Gasteiger partial charge in [-0.3, -0.25) is 4.79 Å². The molecule has 1 heterocycles. The van der Waals surface area contributed by atoms with Gasteiger partial charge in [0.2, 0.25) is 5.91 Å². The summed E-state index contributed by atoms with van der Waals surface area (Å²) in [6, 6.07) is 2.82. The second-order valence-electron chi connectivity index (χ2n) is 4.31. The normalized spacial score (nSPS) is 16.6. The lowest BCUT2D eigenvalue weighted by molar-refractivity contribution is -0.121. The van der Waals surface area contributed by atoms with Crippen molar-refractivity contribution in [3.05, 3.63) is 35.7 Å². The Morgan fingerprint density at radius 2 is 1.70 bits per heavy atom. The number of benzene rings is 1. The van der Waals surface area contributed by atoms with Crippen molar-refractivity contribution in [1.29, 1.82) is 0 Å². The maximum Gasteiger partial charge on any atom is 0.220 e. The van der Waals surface area contributed by atoms with Crippen molar-refractivity contribution in [3.63, 3.8) is 0 Å². The predicted octanol–water partition coefficient (Wildman–Crippen LogP) is 2.80. The van der Waals surface area contributed by atoms with Crippen molar-refractivity contribution in [2.45, 2.75) is 25.7 Å². The minimum absolute atomic E-state index is 0.163. The van der Waals surface area contributed by atoms with Crippen LogP contribution in [0.4, 0.5) is 13.2 Å². The van der Waals surface area contributed by atoms with Crippen LogP contribution in [0.2, 0.25) is 0 Å². The summed E-state index contributed by atoms with van der Waals surface area (Å²) in [5, 5.41) is 2.79. The third-order valence-corrected chi connectivity index (χ3v) is 2.67. The molecule has 0 aliphatic carbocycles. The highest BCUT2D eigenvalue weighted by Crippen LogP contribution is 2.07. The van der Waals surface area contributed by atoms with Crippen LogP contribution in [0.5, 0.6) is 0 Å². The molecule has 1 aromatic rings. The Morgan fingerprint density at radius 3 is 2.35 bits per heavy atom. The van der Waals surface area contributed by atoms with E-state index in [0.717, 1.165) is 44.1 Å². The molecule has 0 bridgehead atoms. The smallest absolute Gasteiger partial charge is 0.220 e. The molecule has 6 heteroatoms. The van der Waals surface area contributed by atoms with Gasteiger partial charge < -0.3 is 10.1 Å². The quantitative estimate of drug-likeness (QED) is 0.746. The van der Waals surface area contributed by atoms with E-state index in [1.165, 1.54) is 0 Å². The molecule has 0 radical (unpaired) electrons. The number of amides is 1. The van der Waals surface area contributed by atoms with E-state index in [0.29, 0.717) is 19.6 Å². The summed E-state index contributed by atoms with van der Waals surface area (Å²) in [6.07, 6.45) is 3.87. The molecule has 1 saturated heterocycles. The molecule has 1 amide bonds. The van der Waals surface area contributed by atoms with Crippen molar-refractivity contribution >= 4 is 5.91 Å². The van der Waals surface area contributed by atoms with Gasteiger partial charge in [-0.25, -0.2) is 13.2 Å². The van der Waals surface area contributed by atoms with Gasteiger partial charge in [0.25, 0.3) is 0 Å². The summed E-state index contributed by atoms with van der Waals surface area (Å²) >= 11 is 0. The molecule has 1 fully saturated rings. The summed E-state index contributed by atoms with van der Waals surface area (Å²) in [4.78, 5) is 10.9. The molecule has 1 aromatic carbocycles. The molecule has 0 saturated carbocycles. The zero-order valence-corrected chi connectivity index (χ0v) is 11.1. The Hall–Kier alpha value is -1.56. The Balaban J connectivity index is 0.000000204. The van der Waals surface area contributed by atoms with Crippen molar-refractivity contribution in [2.24, 2.45) is 0 Å². The lowest BCUT2D eigenvalue weighted by Crippen LogP contribution is -2.27. The minimum Gasteiger partial charge on any atom is -0.380 e. The fraction of sp³-hybridized carbons (Fsp3) is 0.500. The van der Waals surface area contributed by atoms with E-state index in [-0.39, 0.29) is 5.91 Å². The van der Waals surface area contributed by atoms with Crippen LogP contribution >= 0.6 is 0 Å². The van der Waals surface area contributed by atoms with Gasteiger partial charge in [-0.2, -0.15) is 0 Å². The summed E-state index contributed by atoms with van der Waals surface area (Å²) in [6.45, 7) is 2.17. The lowest BCUT2D eigenvalue weighted by atomic mass is 10.2. The van der Waals surface area contributed by atoms with E-state index >= 15 is 0 Å². The molecule has 0 spiro atoms. The lowest BCUT2D eigenvalue weighted by Gasteiger charge is -2.09. The second kappa shape index (κ2) is 9.36. The van der Waals surface area contributed by atoms with Gasteiger partial charge in [0.1, 0.15) is 0 Å². The van der Waals surface area contributed by atoms with Crippen LogP contribution in [0.15, 0.2) is 18.2 Å². The first-order chi connectivity index (χ1) is 9.61. The number of hydrogen-bond acceptors (Lipinski definition) is 2. The van der Waals surface area contributed by atoms with E-state index in [1.54, 1.807) is 0 Å². The number of carbonyl (C=O) groups is 1. The Morgan fingerprint density at radius 1 is 1.00 bits per heavy atom. The maximum atomic E-state index is 12.0. The highest BCUT2D eigenvalue weighted by Gasteiger charge is 2.04. The Labute approximate surface area is 116 Å². The molecular formula is C14H18F3NO2. The van der Waals surface area contributed by atoms with Gasteiger partial charge in [0.15, 0.2) is 17.5 Å². The topological polar surface area (TPSA) is 38.3 Å². The summed E-state index contributed by atoms with van der Waals surface area (Å²) in [5.74, 6) is -3.57. The largest absolute Gasteiger partial charge is 0.380 e. The molecule has 1 aliphatic rings. The molecule has 2 rings (SSSR count). The highest BCUT2D eigenvalue weighted by molar-refractivity contribution is 5.75. The molecule has 20 heavy (non-hydrogen) atoms. The molecule has 0 atom stereocenters. The number of halogens is 3. The molecule has 3 nitrogen and oxygen atoms in total. The van der Waals surface area contributed by atoms with Crippen molar-refractivity contribution in [2.75, 3.05) is 19.8 Å². The van der Waals surface area contributed by atoms with Crippen LogP contribution in [-0.4, -0.2) is 25.7 Å². The van der Waals surface area contributed by atoms with E-state index < -0.39 is 17.5 Å². The van der Waals surface area contributed by atoms with Crippen molar-refractivity contribution in [1.82, 2.24) is 5.32 Å². The van der Waals surface area contributed by atoms with Crippen LogP contribution < -0.4 is 5.32 Å². The van der Waals surface area contributed by atoms with Crippen molar-refractivity contribution < 1.29 is 22.7 Å². The summed E-state index contributed by atoms with van der Waals surface area (Å²) < 4.78 is 41.2. The van der Waals surface area contributed by atoms with Crippen LogP contribution in [0.3, 0.4) is 0 Å². The molecule has 1 aliphatic heterocycles. The average molecular weight is 289 g/mol. The van der Waals surface area contributed by atoms with Crippen LogP contribution in [0.1, 0.15) is 25.7 Å². The zero-order chi connectivity index (χ0) is 14.8. The van der Waals surface area contributed by atoms with E-state index in [9.17, 15) is 18.0 Å². The number of rotatable bonds is 0. The van der Waals surface area contributed by atoms with E-state index in [1.807, 2.05) is 0 Å². The highest BCUT2D eigenvalue weighted by atomic mass is 19.2. The fourth-order valence-corrected chi connectivity index (χ4v) is 1.60. The zero-order valence-electron chi connectivity index (χ0n) is 11.1. The number of carbonyl (C=O) groups excluding carboxylic acids is 1. The first-order valence-corrected chi connectivity index (χ1v) is 6.55. The van der Waals surface area contributed by atoms with Gasteiger partial charge in [-0.1, -0.05) is 12.5 Å². The summed E-state index contributed by atoms with van der Waals surface area (Å²) in [7, 11) is 0. The van der Waals surface area contributed by atoms with Gasteiger partial charge in [0.05, 0.1) is 6.61 Å².